The van der Waals surface area contributed by atoms with E-state index >= 15 is 0 Å². The Hall–Kier alpha value is -3.10. The van der Waals surface area contributed by atoms with E-state index in [2.05, 4.69) is 15.0 Å². The molecule has 0 spiro atoms. The zero-order chi connectivity index (χ0) is 20.0. The summed E-state index contributed by atoms with van der Waals surface area (Å²) in [6, 6.07) is 16.9. The van der Waals surface area contributed by atoms with Gasteiger partial charge in [0.05, 0.1) is 17.1 Å². The summed E-state index contributed by atoms with van der Waals surface area (Å²) in [5.41, 5.74) is 1.12. The molecule has 1 heterocycles. The summed E-state index contributed by atoms with van der Waals surface area (Å²) in [7, 11) is -3.91. The number of hydrogen-bond acceptors (Lipinski definition) is 4. The van der Waals surface area contributed by atoms with Gasteiger partial charge in [-0.2, -0.15) is 0 Å². The molecule has 0 radical (unpaired) electrons. The van der Waals surface area contributed by atoms with Crippen LogP contribution in [0.4, 0.5) is 4.39 Å². The number of rotatable bonds is 7. The molecule has 0 aliphatic heterocycles. The Labute approximate surface area is 162 Å². The molecular formula is C20H18FN3O3S. The second-order valence-corrected chi connectivity index (χ2v) is 7.71. The number of carbonyl (C=O) groups excluding carboxylic acids is 1. The van der Waals surface area contributed by atoms with E-state index in [0.29, 0.717) is 5.69 Å². The van der Waals surface area contributed by atoms with Crippen LogP contribution < -0.4 is 10.0 Å². The van der Waals surface area contributed by atoms with Gasteiger partial charge in [0.15, 0.2) is 0 Å². The number of carbonyl (C=O) groups is 1. The lowest BCUT2D eigenvalue weighted by Gasteiger charge is -2.09. The lowest BCUT2D eigenvalue weighted by Crippen LogP contribution is -2.26. The van der Waals surface area contributed by atoms with Crippen molar-refractivity contribution in [2.45, 2.75) is 18.0 Å². The summed E-state index contributed by atoms with van der Waals surface area (Å²) in [4.78, 5) is 16.4. The Morgan fingerprint density at radius 3 is 2.50 bits per heavy atom. The first-order chi connectivity index (χ1) is 13.5. The van der Waals surface area contributed by atoms with Crippen LogP contribution in [0.2, 0.25) is 0 Å². The van der Waals surface area contributed by atoms with Crippen LogP contribution in [-0.4, -0.2) is 19.3 Å². The standard InChI is InChI=1S/C20H18FN3O3S/c21-19-10-2-1-6-16(19)13-24-28(26,27)18-9-5-7-15(12-18)20(25)23-14-17-8-3-4-11-22-17/h1-12,24H,13-14H2,(H,23,25). The molecule has 8 heteroatoms. The third-order valence-corrected chi connectivity index (χ3v) is 5.37. The number of aromatic nitrogens is 1. The summed E-state index contributed by atoms with van der Waals surface area (Å²) in [5, 5.41) is 2.69. The van der Waals surface area contributed by atoms with Crippen molar-refractivity contribution in [2.24, 2.45) is 0 Å². The van der Waals surface area contributed by atoms with E-state index < -0.39 is 21.7 Å². The van der Waals surface area contributed by atoms with E-state index in [-0.39, 0.29) is 29.1 Å². The minimum Gasteiger partial charge on any atom is -0.346 e. The smallest absolute Gasteiger partial charge is 0.251 e. The Morgan fingerprint density at radius 2 is 1.75 bits per heavy atom. The zero-order valence-corrected chi connectivity index (χ0v) is 15.6. The SMILES string of the molecule is O=C(NCc1ccccn1)c1cccc(S(=O)(=O)NCc2ccccc2F)c1. The van der Waals surface area contributed by atoms with Gasteiger partial charge in [-0.05, 0) is 36.4 Å². The minimum absolute atomic E-state index is 0.0747. The average molecular weight is 399 g/mol. The first-order valence-corrected chi connectivity index (χ1v) is 9.95. The first-order valence-electron chi connectivity index (χ1n) is 8.47. The maximum absolute atomic E-state index is 13.7. The molecule has 1 aromatic heterocycles. The highest BCUT2D eigenvalue weighted by Crippen LogP contribution is 2.13. The molecule has 0 bridgehead atoms. The average Bonchev–Trinajstić information content (AvgIpc) is 2.72. The molecule has 0 atom stereocenters. The summed E-state index contributed by atoms with van der Waals surface area (Å²) in [5.74, 6) is -0.912. The molecule has 0 aliphatic carbocycles. The highest BCUT2D eigenvalue weighted by atomic mass is 32.2. The quantitative estimate of drug-likeness (QED) is 0.639. The number of benzene rings is 2. The maximum atomic E-state index is 13.7. The summed E-state index contributed by atoms with van der Waals surface area (Å²) >= 11 is 0. The van der Waals surface area contributed by atoms with Gasteiger partial charge in [-0.3, -0.25) is 9.78 Å². The van der Waals surface area contributed by atoms with Crippen molar-refractivity contribution in [1.29, 1.82) is 0 Å². The van der Waals surface area contributed by atoms with Gasteiger partial charge in [0, 0.05) is 23.9 Å². The van der Waals surface area contributed by atoms with Gasteiger partial charge in [0.1, 0.15) is 5.82 Å². The van der Waals surface area contributed by atoms with Crippen LogP contribution in [0.15, 0.2) is 77.8 Å². The fraction of sp³-hybridized carbons (Fsp3) is 0.100. The molecule has 0 fully saturated rings. The van der Waals surface area contributed by atoms with Crippen LogP contribution in [0.1, 0.15) is 21.6 Å². The predicted octanol–water partition coefficient (Wildman–Crippen LogP) is 2.63. The van der Waals surface area contributed by atoms with E-state index in [9.17, 15) is 17.6 Å². The molecule has 0 saturated heterocycles. The molecule has 3 aromatic rings. The topological polar surface area (TPSA) is 88.2 Å². The van der Waals surface area contributed by atoms with Crippen molar-refractivity contribution in [1.82, 2.24) is 15.0 Å². The molecule has 6 nitrogen and oxygen atoms in total. The number of pyridine rings is 1. The van der Waals surface area contributed by atoms with Gasteiger partial charge in [-0.25, -0.2) is 17.5 Å². The van der Waals surface area contributed by atoms with Crippen molar-refractivity contribution in [2.75, 3.05) is 0 Å². The van der Waals surface area contributed by atoms with Crippen molar-refractivity contribution in [3.63, 3.8) is 0 Å². The third-order valence-electron chi connectivity index (χ3n) is 3.97. The second kappa shape index (κ2) is 8.73. The van der Waals surface area contributed by atoms with Gasteiger partial charge in [-0.1, -0.05) is 30.3 Å². The predicted molar refractivity (Wildman–Crippen MR) is 102 cm³/mol. The fourth-order valence-corrected chi connectivity index (χ4v) is 3.53. The largest absolute Gasteiger partial charge is 0.346 e. The molecule has 0 saturated carbocycles. The van der Waals surface area contributed by atoms with E-state index in [1.165, 1.54) is 42.5 Å². The molecule has 28 heavy (non-hydrogen) atoms. The minimum atomic E-state index is -3.91. The van der Waals surface area contributed by atoms with Gasteiger partial charge < -0.3 is 5.32 Å². The molecule has 2 N–H and O–H groups in total. The highest BCUT2D eigenvalue weighted by Gasteiger charge is 2.17. The number of hydrogen-bond donors (Lipinski definition) is 2. The van der Waals surface area contributed by atoms with Crippen LogP contribution >= 0.6 is 0 Å². The molecular weight excluding hydrogens is 381 g/mol. The molecule has 2 aromatic carbocycles. The Bertz CT molecular complexity index is 1070. The van der Waals surface area contributed by atoms with Crippen molar-refractivity contribution < 1.29 is 17.6 Å². The lowest BCUT2D eigenvalue weighted by molar-refractivity contribution is 0.0950. The van der Waals surface area contributed by atoms with E-state index in [4.69, 9.17) is 0 Å². The number of nitrogens with one attached hydrogen (secondary N) is 2. The van der Waals surface area contributed by atoms with Gasteiger partial charge in [0.2, 0.25) is 10.0 Å². The summed E-state index contributed by atoms with van der Waals surface area (Å²) in [6.07, 6.45) is 1.62. The maximum Gasteiger partial charge on any atom is 0.251 e. The fourth-order valence-electron chi connectivity index (χ4n) is 2.48. The second-order valence-electron chi connectivity index (χ2n) is 5.95. The molecule has 144 valence electrons. The van der Waals surface area contributed by atoms with Crippen molar-refractivity contribution in [3.8, 4) is 0 Å². The monoisotopic (exact) mass is 399 g/mol. The molecule has 0 aliphatic rings. The Morgan fingerprint density at radius 1 is 0.964 bits per heavy atom. The number of halogens is 1. The van der Waals surface area contributed by atoms with Crippen LogP contribution in [0.3, 0.4) is 0 Å². The van der Waals surface area contributed by atoms with E-state index in [1.807, 2.05) is 6.07 Å². The molecule has 1 amide bonds. The number of amides is 1. The van der Waals surface area contributed by atoms with Crippen LogP contribution in [0.25, 0.3) is 0 Å². The van der Waals surface area contributed by atoms with Crippen molar-refractivity contribution >= 4 is 15.9 Å². The Kier molecular flexibility index (Phi) is 6.13. The van der Waals surface area contributed by atoms with Gasteiger partial charge >= 0.3 is 0 Å². The van der Waals surface area contributed by atoms with Crippen LogP contribution in [0, 0.1) is 5.82 Å². The molecule has 3 rings (SSSR count). The summed E-state index contributed by atoms with van der Waals surface area (Å²) in [6.45, 7) is 0.0350. The Balaban J connectivity index is 1.69. The summed E-state index contributed by atoms with van der Waals surface area (Å²) < 4.78 is 41.0. The van der Waals surface area contributed by atoms with E-state index in [1.54, 1.807) is 24.4 Å². The van der Waals surface area contributed by atoms with E-state index in [0.717, 1.165) is 0 Å². The normalized spacial score (nSPS) is 11.2. The molecule has 0 unspecified atom stereocenters. The van der Waals surface area contributed by atoms with Crippen molar-refractivity contribution in [3.05, 3.63) is 95.6 Å². The van der Waals surface area contributed by atoms with Gasteiger partial charge in [-0.15, -0.1) is 0 Å². The van der Waals surface area contributed by atoms with Crippen LogP contribution in [-0.2, 0) is 23.1 Å². The van der Waals surface area contributed by atoms with Gasteiger partial charge in [0.25, 0.3) is 5.91 Å². The lowest BCUT2D eigenvalue weighted by atomic mass is 10.2. The third kappa shape index (κ3) is 4.99. The number of nitrogens with zero attached hydrogens (tertiary/aromatic N) is 1. The first kappa shape index (κ1) is 19.7. The zero-order valence-electron chi connectivity index (χ0n) is 14.8. The van der Waals surface area contributed by atoms with Crippen LogP contribution in [0.5, 0.6) is 0 Å². The number of sulfonamides is 1. The highest BCUT2D eigenvalue weighted by molar-refractivity contribution is 7.89.